The van der Waals surface area contributed by atoms with E-state index in [-0.39, 0.29) is 6.54 Å². The van der Waals surface area contributed by atoms with Gasteiger partial charge in [0.2, 0.25) is 0 Å². The molecule has 0 aliphatic rings. The standard InChI is InChI=1S/C9H10N6O2/c16-9(17)5-15-4-7(13-14-15)3-11-8-1-2-10-6-12-8/h1-2,4,6H,3,5H2,(H,16,17)(H,10,11,12). The van der Waals surface area contributed by atoms with Crippen LogP contribution in [0.25, 0.3) is 0 Å². The lowest BCUT2D eigenvalue weighted by Crippen LogP contribution is -2.09. The quantitative estimate of drug-likeness (QED) is 0.735. The van der Waals surface area contributed by atoms with Gasteiger partial charge in [-0.2, -0.15) is 0 Å². The minimum Gasteiger partial charge on any atom is -0.480 e. The SMILES string of the molecule is O=C(O)Cn1cc(CNc2ccncn2)nn1. The van der Waals surface area contributed by atoms with Gasteiger partial charge in [-0.1, -0.05) is 5.21 Å². The van der Waals surface area contributed by atoms with Crippen molar-refractivity contribution >= 4 is 11.8 Å². The summed E-state index contributed by atoms with van der Waals surface area (Å²) < 4.78 is 1.26. The number of anilines is 1. The van der Waals surface area contributed by atoms with Crippen LogP contribution in [0, 0.1) is 0 Å². The molecule has 8 heteroatoms. The highest BCUT2D eigenvalue weighted by Crippen LogP contribution is 2.01. The number of hydrogen-bond donors (Lipinski definition) is 2. The third kappa shape index (κ3) is 3.23. The van der Waals surface area contributed by atoms with E-state index in [4.69, 9.17) is 5.11 Å². The van der Waals surface area contributed by atoms with Crippen LogP contribution in [0.15, 0.2) is 24.8 Å². The molecular formula is C9H10N6O2. The lowest BCUT2D eigenvalue weighted by Gasteiger charge is -2.00. The predicted molar refractivity (Wildman–Crippen MR) is 57.0 cm³/mol. The Labute approximate surface area is 96.3 Å². The number of nitrogens with zero attached hydrogens (tertiary/aromatic N) is 5. The summed E-state index contributed by atoms with van der Waals surface area (Å²) in [5.41, 5.74) is 0.643. The van der Waals surface area contributed by atoms with Crippen LogP contribution in [0.5, 0.6) is 0 Å². The summed E-state index contributed by atoms with van der Waals surface area (Å²) in [4.78, 5) is 18.2. The van der Waals surface area contributed by atoms with E-state index in [0.29, 0.717) is 18.1 Å². The number of nitrogens with one attached hydrogen (secondary N) is 1. The Morgan fingerprint density at radius 3 is 3.12 bits per heavy atom. The number of aromatic nitrogens is 5. The number of aliphatic carboxylic acids is 1. The van der Waals surface area contributed by atoms with Crippen molar-refractivity contribution in [3.63, 3.8) is 0 Å². The van der Waals surface area contributed by atoms with E-state index in [1.165, 1.54) is 11.0 Å². The van der Waals surface area contributed by atoms with Crippen molar-refractivity contribution in [3.8, 4) is 0 Å². The summed E-state index contributed by atoms with van der Waals surface area (Å²) in [7, 11) is 0. The number of rotatable bonds is 5. The minimum atomic E-state index is -0.954. The molecule has 2 aromatic heterocycles. The first kappa shape index (κ1) is 11.0. The van der Waals surface area contributed by atoms with Crippen molar-refractivity contribution in [2.24, 2.45) is 0 Å². The van der Waals surface area contributed by atoms with Gasteiger partial charge in [0, 0.05) is 6.20 Å². The van der Waals surface area contributed by atoms with E-state index >= 15 is 0 Å². The lowest BCUT2D eigenvalue weighted by molar-refractivity contribution is -0.137. The van der Waals surface area contributed by atoms with Gasteiger partial charge in [-0.15, -0.1) is 5.10 Å². The maximum absolute atomic E-state index is 10.4. The second-order valence-corrected chi connectivity index (χ2v) is 3.25. The number of carboxylic acids is 1. The molecule has 0 aliphatic heterocycles. The van der Waals surface area contributed by atoms with Gasteiger partial charge in [0.15, 0.2) is 0 Å². The molecule has 0 unspecified atom stereocenters. The molecule has 0 saturated heterocycles. The molecule has 2 rings (SSSR count). The fourth-order valence-electron chi connectivity index (χ4n) is 1.21. The largest absolute Gasteiger partial charge is 0.480 e. The third-order valence-corrected chi connectivity index (χ3v) is 1.92. The van der Waals surface area contributed by atoms with Gasteiger partial charge < -0.3 is 10.4 Å². The zero-order valence-electron chi connectivity index (χ0n) is 8.82. The van der Waals surface area contributed by atoms with Crippen LogP contribution in [0.2, 0.25) is 0 Å². The molecule has 0 saturated carbocycles. The summed E-state index contributed by atoms with van der Waals surface area (Å²) in [5.74, 6) is -0.280. The Morgan fingerprint density at radius 2 is 2.41 bits per heavy atom. The fourth-order valence-corrected chi connectivity index (χ4v) is 1.21. The average molecular weight is 234 g/mol. The van der Waals surface area contributed by atoms with Crippen LogP contribution in [0.1, 0.15) is 5.69 Å². The molecule has 0 bridgehead atoms. The summed E-state index contributed by atoms with van der Waals surface area (Å²) in [5, 5.41) is 19.1. The monoisotopic (exact) mass is 234 g/mol. The Balaban J connectivity index is 1.91. The molecule has 0 aliphatic carbocycles. The molecule has 0 spiro atoms. The second-order valence-electron chi connectivity index (χ2n) is 3.25. The van der Waals surface area contributed by atoms with Gasteiger partial charge in [0.05, 0.1) is 12.7 Å². The van der Waals surface area contributed by atoms with Gasteiger partial charge in [-0.25, -0.2) is 14.6 Å². The molecular weight excluding hydrogens is 224 g/mol. The van der Waals surface area contributed by atoms with Crippen LogP contribution < -0.4 is 5.32 Å². The van der Waals surface area contributed by atoms with E-state index < -0.39 is 5.97 Å². The van der Waals surface area contributed by atoms with Crippen molar-refractivity contribution in [1.82, 2.24) is 25.0 Å². The van der Waals surface area contributed by atoms with Crippen LogP contribution >= 0.6 is 0 Å². The number of hydrogen-bond acceptors (Lipinski definition) is 6. The van der Waals surface area contributed by atoms with Crippen LogP contribution in [0.3, 0.4) is 0 Å². The van der Waals surface area contributed by atoms with E-state index in [2.05, 4.69) is 25.6 Å². The third-order valence-electron chi connectivity index (χ3n) is 1.92. The lowest BCUT2D eigenvalue weighted by atomic mass is 10.4. The molecule has 17 heavy (non-hydrogen) atoms. The topological polar surface area (TPSA) is 106 Å². The van der Waals surface area contributed by atoms with Crippen LogP contribution in [-0.4, -0.2) is 36.0 Å². The van der Waals surface area contributed by atoms with Crippen LogP contribution in [0.4, 0.5) is 5.82 Å². The molecule has 88 valence electrons. The molecule has 0 fully saturated rings. The Hall–Kier alpha value is -2.51. The molecule has 0 aromatic carbocycles. The average Bonchev–Trinajstić information content (AvgIpc) is 2.75. The normalized spacial score (nSPS) is 10.1. The summed E-state index contributed by atoms with van der Waals surface area (Å²) in [6, 6.07) is 1.72. The maximum atomic E-state index is 10.4. The van der Waals surface area contributed by atoms with Crippen molar-refractivity contribution in [3.05, 3.63) is 30.5 Å². The van der Waals surface area contributed by atoms with Crippen molar-refractivity contribution in [2.75, 3.05) is 5.32 Å². The van der Waals surface area contributed by atoms with E-state index in [0.717, 1.165) is 0 Å². The van der Waals surface area contributed by atoms with E-state index in [1.54, 1.807) is 18.5 Å². The summed E-state index contributed by atoms with van der Waals surface area (Å²) in [6.07, 6.45) is 4.63. The van der Waals surface area contributed by atoms with Gasteiger partial charge in [0.1, 0.15) is 24.4 Å². The first-order valence-electron chi connectivity index (χ1n) is 4.85. The maximum Gasteiger partial charge on any atom is 0.325 e. The van der Waals surface area contributed by atoms with E-state index in [1.807, 2.05) is 0 Å². The first-order valence-corrected chi connectivity index (χ1v) is 4.85. The first-order chi connectivity index (χ1) is 8.24. The summed E-state index contributed by atoms with van der Waals surface area (Å²) >= 11 is 0. The number of carboxylic acid groups (broad SMARTS) is 1. The molecule has 0 atom stereocenters. The van der Waals surface area contributed by atoms with Crippen molar-refractivity contribution in [1.29, 1.82) is 0 Å². The van der Waals surface area contributed by atoms with Gasteiger partial charge in [-0.05, 0) is 6.07 Å². The van der Waals surface area contributed by atoms with Gasteiger partial charge >= 0.3 is 5.97 Å². The van der Waals surface area contributed by atoms with E-state index in [9.17, 15) is 4.79 Å². The molecule has 2 aromatic rings. The predicted octanol–water partition coefficient (Wildman–Crippen LogP) is -0.235. The van der Waals surface area contributed by atoms with Crippen molar-refractivity contribution < 1.29 is 9.90 Å². The molecule has 2 N–H and O–H groups in total. The van der Waals surface area contributed by atoms with Gasteiger partial charge in [0.25, 0.3) is 0 Å². The Bertz CT molecular complexity index is 497. The smallest absolute Gasteiger partial charge is 0.325 e. The Morgan fingerprint density at radius 1 is 1.53 bits per heavy atom. The van der Waals surface area contributed by atoms with Gasteiger partial charge in [-0.3, -0.25) is 4.79 Å². The molecule has 0 radical (unpaired) electrons. The molecule has 8 nitrogen and oxygen atoms in total. The highest BCUT2D eigenvalue weighted by atomic mass is 16.4. The highest BCUT2D eigenvalue weighted by Gasteiger charge is 2.04. The zero-order chi connectivity index (χ0) is 12.1. The second kappa shape index (κ2) is 5.01. The molecule has 0 amide bonds. The Kier molecular flexibility index (Phi) is 3.24. The molecule has 2 heterocycles. The number of carbonyl (C=O) groups is 1. The fraction of sp³-hybridized carbons (Fsp3) is 0.222. The van der Waals surface area contributed by atoms with Crippen LogP contribution in [-0.2, 0) is 17.9 Å². The minimum absolute atomic E-state index is 0.194. The summed E-state index contributed by atoms with van der Waals surface area (Å²) in [6.45, 7) is 0.233. The van der Waals surface area contributed by atoms with Crippen molar-refractivity contribution in [2.45, 2.75) is 13.1 Å². The zero-order valence-corrected chi connectivity index (χ0v) is 8.82. The highest BCUT2D eigenvalue weighted by molar-refractivity contribution is 5.66.